The van der Waals surface area contributed by atoms with Crippen LogP contribution in [0.1, 0.15) is 6.42 Å². The Bertz CT molecular complexity index is 577. The largest absolute Gasteiger partial charge is 0.379 e. The molecule has 1 fully saturated rings. The number of sulfonamides is 1. The van der Waals surface area contributed by atoms with Gasteiger partial charge in [-0.1, -0.05) is 17.7 Å². The van der Waals surface area contributed by atoms with Crippen molar-refractivity contribution < 1.29 is 17.5 Å². The average molecular weight is 337 g/mol. The SMILES string of the molecule is O=S(=O)(NCCCN1CCOCC1)c1cccc(Cl)c1F. The molecule has 8 heteroatoms. The Morgan fingerprint density at radius 1 is 1.33 bits per heavy atom. The maximum atomic E-state index is 13.7. The summed E-state index contributed by atoms with van der Waals surface area (Å²) >= 11 is 5.60. The number of nitrogens with zero attached hydrogens (tertiary/aromatic N) is 1. The number of ether oxygens (including phenoxy) is 1. The van der Waals surface area contributed by atoms with E-state index in [2.05, 4.69) is 9.62 Å². The summed E-state index contributed by atoms with van der Waals surface area (Å²) in [4.78, 5) is 1.79. The molecule has 0 aliphatic carbocycles. The quantitative estimate of drug-likeness (QED) is 0.799. The molecule has 21 heavy (non-hydrogen) atoms. The van der Waals surface area contributed by atoms with Crippen molar-refractivity contribution in [3.63, 3.8) is 0 Å². The number of halogens is 2. The van der Waals surface area contributed by atoms with Gasteiger partial charge in [0.05, 0.1) is 18.2 Å². The Morgan fingerprint density at radius 2 is 2.05 bits per heavy atom. The van der Waals surface area contributed by atoms with Crippen LogP contribution < -0.4 is 4.72 Å². The topological polar surface area (TPSA) is 58.6 Å². The molecule has 0 saturated carbocycles. The van der Waals surface area contributed by atoms with Gasteiger partial charge in [-0.2, -0.15) is 0 Å². The van der Waals surface area contributed by atoms with Gasteiger partial charge in [-0.3, -0.25) is 4.90 Å². The number of hydrogen-bond acceptors (Lipinski definition) is 4. The van der Waals surface area contributed by atoms with Crippen LogP contribution in [-0.2, 0) is 14.8 Å². The zero-order valence-electron chi connectivity index (χ0n) is 11.5. The number of hydrogen-bond donors (Lipinski definition) is 1. The van der Waals surface area contributed by atoms with E-state index in [1.54, 1.807) is 0 Å². The highest BCUT2D eigenvalue weighted by molar-refractivity contribution is 7.89. The summed E-state index contributed by atoms with van der Waals surface area (Å²) in [6.45, 7) is 4.17. The van der Waals surface area contributed by atoms with Crippen molar-refractivity contribution in [3.05, 3.63) is 29.0 Å². The molecule has 0 spiro atoms. The molecule has 2 rings (SSSR count). The van der Waals surface area contributed by atoms with Crippen molar-refractivity contribution in [3.8, 4) is 0 Å². The van der Waals surface area contributed by atoms with Crippen LogP contribution in [0.5, 0.6) is 0 Å². The van der Waals surface area contributed by atoms with E-state index in [0.717, 1.165) is 19.6 Å². The van der Waals surface area contributed by atoms with Gasteiger partial charge in [0.25, 0.3) is 0 Å². The van der Waals surface area contributed by atoms with Crippen LogP contribution in [0.4, 0.5) is 4.39 Å². The molecule has 0 radical (unpaired) electrons. The number of morpholine rings is 1. The van der Waals surface area contributed by atoms with Crippen molar-refractivity contribution in [2.45, 2.75) is 11.3 Å². The van der Waals surface area contributed by atoms with Crippen LogP contribution in [0.3, 0.4) is 0 Å². The van der Waals surface area contributed by atoms with Crippen molar-refractivity contribution in [1.82, 2.24) is 9.62 Å². The maximum absolute atomic E-state index is 13.7. The summed E-state index contributed by atoms with van der Waals surface area (Å²) < 4.78 is 45.4. The Hall–Kier alpha value is -0.730. The molecule has 1 aromatic carbocycles. The molecular formula is C13H18ClFN2O3S. The summed E-state index contributed by atoms with van der Waals surface area (Å²) in [5.41, 5.74) is 0. The molecule has 1 saturated heterocycles. The lowest BCUT2D eigenvalue weighted by Gasteiger charge is -2.26. The summed E-state index contributed by atoms with van der Waals surface area (Å²) in [6, 6.07) is 3.92. The highest BCUT2D eigenvalue weighted by Crippen LogP contribution is 2.21. The second kappa shape index (κ2) is 7.51. The molecule has 0 unspecified atom stereocenters. The number of nitrogens with one attached hydrogen (secondary N) is 1. The van der Waals surface area contributed by atoms with E-state index in [1.165, 1.54) is 18.2 Å². The van der Waals surface area contributed by atoms with Gasteiger partial charge in [-0.15, -0.1) is 0 Å². The van der Waals surface area contributed by atoms with Crippen molar-refractivity contribution in [2.75, 3.05) is 39.4 Å². The minimum atomic E-state index is -3.87. The van der Waals surface area contributed by atoms with Crippen LogP contribution in [0.25, 0.3) is 0 Å². The molecule has 1 heterocycles. The third kappa shape index (κ3) is 4.62. The van der Waals surface area contributed by atoms with E-state index in [-0.39, 0.29) is 11.6 Å². The first-order valence-electron chi connectivity index (χ1n) is 6.74. The van der Waals surface area contributed by atoms with Gasteiger partial charge in [-0.25, -0.2) is 17.5 Å². The second-order valence-corrected chi connectivity index (χ2v) is 6.90. The molecular weight excluding hydrogens is 319 g/mol. The fourth-order valence-corrected chi connectivity index (χ4v) is 3.51. The summed E-state index contributed by atoms with van der Waals surface area (Å²) in [7, 11) is -3.87. The third-order valence-corrected chi connectivity index (χ3v) is 5.02. The van der Waals surface area contributed by atoms with Gasteiger partial charge < -0.3 is 4.74 Å². The smallest absolute Gasteiger partial charge is 0.243 e. The molecule has 1 aliphatic heterocycles. The van der Waals surface area contributed by atoms with Gasteiger partial charge in [0.15, 0.2) is 5.82 Å². The van der Waals surface area contributed by atoms with Gasteiger partial charge in [0.1, 0.15) is 4.90 Å². The monoisotopic (exact) mass is 336 g/mol. The van der Waals surface area contributed by atoms with Gasteiger partial charge in [0, 0.05) is 19.6 Å². The minimum absolute atomic E-state index is 0.203. The Morgan fingerprint density at radius 3 is 2.76 bits per heavy atom. The van der Waals surface area contributed by atoms with Crippen LogP contribution in [0.15, 0.2) is 23.1 Å². The molecule has 0 aromatic heterocycles. The summed E-state index contributed by atoms with van der Waals surface area (Å²) in [5, 5.41) is -0.203. The lowest BCUT2D eigenvalue weighted by atomic mass is 10.3. The maximum Gasteiger partial charge on any atom is 0.243 e. The van der Waals surface area contributed by atoms with Gasteiger partial charge >= 0.3 is 0 Å². The minimum Gasteiger partial charge on any atom is -0.379 e. The van der Waals surface area contributed by atoms with Gasteiger partial charge in [-0.05, 0) is 25.1 Å². The van der Waals surface area contributed by atoms with Crippen molar-refractivity contribution in [1.29, 1.82) is 0 Å². The molecule has 1 aliphatic rings. The molecule has 0 atom stereocenters. The highest BCUT2D eigenvalue weighted by atomic mass is 35.5. The van der Waals surface area contributed by atoms with E-state index in [1.807, 2.05) is 0 Å². The fourth-order valence-electron chi connectivity index (χ4n) is 2.10. The van der Waals surface area contributed by atoms with Gasteiger partial charge in [0.2, 0.25) is 10.0 Å². The molecule has 1 N–H and O–H groups in total. The molecule has 118 valence electrons. The number of benzene rings is 1. The zero-order chi connectivity index (χ0) is 15.3. The van der Waals surface area contributed by atoms with Crippen LogP contribution in [0.2, 0.25) is 5.02 Å². The Kier molecular flexibility index (Phi) is 5.95. The van der Waals surface area contributed by atoms with Crippen molar-refractivity contribution in [2.24, 2.45) is 0 Å². The normalized spacial score (nSPS) is 17.0. The molecule has 0 bridgehead atoms. The lowest BCUT2D eigenvalue weighted by molar-refractivity contribution is 0.0376. The molecule has 5 nitrogen and oxygen atoms in total. The Labute approximate surface area is 129 Å². The summed E-state index contributed by atoms with van der Waals surface area (Å²) in [6.07, 6.45) is 0.654. The predicted octanol–water partition coefficient (Wildman–Crippen LogP) is 1.48. The predicted molar refractivity (Wildman–Crippen MR) is 78.5 cm³/mol. The first kappa shape index (κ1) is 16.6. The number of rotatable bonds is 6. The van der Waals surface area contributed by atoms with Crippen molar-refractivity contribution >= 4 is 21.6 Å². The average Bonchev–Trinajstić information content (AvgIpc) is 2.47. The molecule has 0 amide bonds. The fraction of sp³-hybridized carbons (Fsp3) is 0.538. The summed E-state index contributed by atoms with van der Waals surface area (Å²) in [5.74, 6) is -0.917. The van der Waals surface area contributed by atoms with E-state index in [9.17, 15) is 12.8 Å². The molecule has 1 aromatic rings. The second-order valence-electron chi connectivity index (χ2n) is 4.76. The van der Waals surface area contributed by atoms with E-state index in [0.29, 0.717) is 19.6 Å². The standard InChI is InChI=1S/C13H18ClFN2O3S/c14-11-3-1-4-12(13(11)15)21(18,19)16-5-2-6-17-7-9-20-10-8-17/h1,3-4,16H,2,5-10H2. The highest BCUT2D eigenvalue weighted by Gasteiger charge is 2.20. The van der Waals surface area contributed by atoms with E-state index < -0.39 is 20.7 Å². The van der Waals surface area contributed by atoms with E-state index in [4.69, 9.17) is 16.3 Å². The Balaban J connectivity index is 1.85. The van der Waals surface area contributed by atoms with Crippen LogP contribution in [0, 0.1) is 5.82 Å². The first-order valence-corrected chi connectivity index (χ1v) is 8.60. The first-order chi connectivity index (χ1) is 10.0. The van der Waals surface area contributed by atoms with Crippen LogP contribution >= 0.6 is 11.6 Å². The lowest BCUT2D eigenvalue weighted by Crippen LogP contribution is -2.38. The zero-order valence-corrected chi connectivity index (χ0v) is 13.1. The van der Waals surface area contributed by atoms with E-state index >= 15 is 0 Å². The third-order valence-electron chi connectivity index (χ3n) is 3.25. The van der Waals surface area contributed by atoms with Crippen LogP contribution in [-0.4, -0.2) is 52.7 Å².